The highest BCUT2D eigenvalue weighted by Gasteiger charge is 2.40. The summed E-state index contributed by atoms with van der Waals surface area (Å²) in [6.45, 7) is 15.3. The van der Waals surface area contributed by atoms with Gasteiger partial charge >= 0.3 is 23.9 Å². The van der Waals surface area contributed by atoms with Crippen molar-refractivity contribution >= 4 is 23.9 Å². The van der Waals surface area contributed by atoms with Gasteiger partial charge in [-0.25, -0.2) is 0 Å². The van der Waals surface area contributed by atoms with Gasteiger partial charge in [0.1, 0.15) is 0 Å². The van der Waals surface area contributed by atoms with E-state index < -0.39 is 48.6 Å². The first-order valence-electron chi connectivity index (χ1n) is 14.5. The van der Waals surface area contributed by atoms with Crippen molar-refractivity contribution in [3.63, 3.8) is 0 Å². The second-order valence-corrected chi connectivity index (χ2v) is 9.53. The molecule has 0 amide bonds. The van der Waals surface area contributed by atoms with E-state index in [2.05, 4.69) is 26.3 Å². The summed E-state index contributed by atoms with van der Waals surface area (Å²) in [5.41, 5.74) is 0. The SMILES string of the molecule is C=CCCCCOC(=O)CC(C(=O)OCCCCC=C)C(CC(=O)OCCCCC=C)C(=O)OCCCCC=C. The number of hydrogen-bond donors (Lipinski definition) is 0. The summed E-state index contributed by atoms with van der Waals surface area (Å²) in [5, 5.41) is 0. The smallest absolute Gasteiger partial charge is 0.310 e. The molecule has 0 rings (SSSR count). The van der Waals surface area contributed by atoms with E-state index in [-0.39, 0.29) is 26.4 Å². The third-order valence-corrected chi connectivity index (χ3v) is 6.09. The van der Waals surface area contributed by atoms with Gasteiger partial charge in [-0.05, 0) is 77.0 Å². The molecule has 0 radical (unpaired) electrons. The Balaban J connectivity index is 5.56. The van der Waals surface area contributed by atoms with E-state index in [9.17, 15) is 19.2 Å². The minimum Gasteiger partial charge on any atom is -0.466 e. The number of allylic oxidation sites excluding steroid dienone is 4. The first kappa shape index (κ1) is 36.8. The monoisotopic (exact) mass is 562 g/mol. The van der Waals surface area contributed by atoms with E-state index in [0.29, 0.717) is 25.7 Å². The Hall–Kier alpha value is -3.16. The van der Waals surface area contributed by atoms with Gasteiger partial charge in [0.05, 0.1) is 51.1 Å². The van der Waals surface area contributed by atoms with E-state index in [0.717, 1.165) is 51.4 Å². The molecule has 0 aliphatic rings. The van der Waals surface area contributed by atoms with Crippen molar-refractivity contribution in [3.8, 4) is 0 Å². The van der Waals surface area contributed by atoms with Crippen LogP contribution >= 0.6 is 0 Å². The summed E-state index contributed by atoms with van der Waals surface area (Å²) in [4.78, 5) is 51.7. The van der Waals surface area contributed by atoms with Crippen LogP contribution in [-0.2, 0) is 38.1 Å². The lowest BCUT2D eigenvalue weighted by atomic mass is 9.86. The van der Waals surface area contributed by atoms with Gasteiger partial charge in [0.2, 0.25) is 0 Å². The molecular formula is C32H50O8. The zero-order chi connectivity index (χ0) is 29.8. The number of rotatable bonds is 27. The Morgan fingerprint density at radius 1 is 0.450 bits per heavy atom. The summed E-state index contributed by atoms with van der Waals surface area (Å²) in [6, 6.07) is 0. The molecule has 0 aliphatic carbocycles. The van der Waals surface area contributed by atoms with Crippen molar-refractivity contribution in [2.45, 2.75) is 89.9 Å². The number of ether oxygens (including phenoxy) is 4. The van der Waals surface area contributed by atoms with Gasteiger partial charge in [-0.2, -0.15) is 0 Å². The van der Waals surface area contributed by atoms with E-state index in [4.69, 9.17) is 18.9 Å². The van der Waals surface area contributed by atoms with Crippen molar-refractivity contribution in [2.24, 2.45) is 11.8 Å². The van der Waals surface area contributed by atoms with Crippen LogP contribution in [0.2, 0.25) is 0 Å². The normalized spacial score (nSPS) is 11.9. The predicted molar refractivity (Wildman–Crippen MR) is 156 cm³/mol. The maximum absolute atomic E-state index is 13.2. The van der Waals surface area contributed by atoms with Crippen molar-refractivity contribution in [1.29, 1.82) is 0 Å². The van der Waals surface area contributed by atoms with E-state index >= 15 is 0 Å². The topological polar surface area (TPSA) is 105 Å². The fourth-order valence-corrected chi connectivity index (χ4v) is 3.75. The van der Waals surface area contributed by atoms with Gasteiger partial charge in [-0.3, -0.25) is 19.2 Å². The first-order valence-corrected chi connectivity index (χ1v) is 14.5. The molecule has 0 aliphatic heterocycles. The summed E-state index contributed by atoms with van der Waals surface area (Å²) in [5.74, 6) is -5.25. The Morgan fingerprint density at radius 3 is 1.00 bits per heavy atom. The average molecular weight is 563 g/mol. The minimum absolute atomic E-state index is 0.122. The summed E-state index contributed by atoms with van der Waals surface area (Å²) >= 11 is 0. The zero-order valence-electron chi connectivity index (χ0n) is 24.3. The van der Waals surface area contributed by atoms with Crippen LogP contribution in [0.5, 0.6) is 0 Å². The number of carbonyl (C=O) groups is 4. The van der Waals surface area contributed by atoms with Crippen LogP contribution in [0.4, 0.5) is 0 Å². The predicted octanol–water partition coefficient (Wildman–Crippen LogP) is 6.60. The number of hydrogen-bond acceptors (Lipinski definition) is 8. The first-order chi connectivity index (χ1) is 19.4. The maximum atomic E-state index is 13.2. The summed E-state index contributed by atoms with van der Waals surface area (Å²) in [6.07, 6.45) is 15.1. The molecule has 2 unspecified atom stereocenters. The van der Waals surface area contributed by atoms with Crippen LogP contribution in [0, 0.1) is 11.8 Å². The third-order valence-electron chi connectivity index (χ3n) is 6.09. The number of unbranched alkanes of at least 4 members (excludes halogenated alkanes) is 8. The molecule has 0 N–H and O–H groups in total. The molecule has 0 spiro atoms. The van der Waals surface area contributed by atoms with Crippen LogP contribution in [0.25, 0.3) is 0 Å². The third kappa shape index (κ3) is 19.8. The van der Waals surface area contributed by atoms with E-state index in [1.807, 2.05) is 0 Å². The standard InChI is InChI=1S/C32H50O8/c1-5-9-13-17-21-37-29(33)25-27(31(35)39-23-19-15-11-7-3)28(32(36)40-24-20-16-12-8-4)26-30(34)38-22-18-14-10-6-2/h5-8,27-28H,1-4,9-26H2. The van der Waals surface area contributed by atoms with Crippen LogP contribution < -0.4 is 0 Å². The average Bonchev–Trinajstić information content (AvgIpc) is 2.94. The van der Waals surface area contributed by atoms with Crippen molar-refractivity contribution in [2.75, 3.05) is 26.4 Å². The Bertz CT molecular complexity index is 709. The second-order valence-electron chi connectivity index (χ2n) is 9.53. The fraction of sp³-hybridized carbons (Fsp3) is 0.625. The highest BCUT2D eigenvalue weighted by molar-refractivity contribution is 5.88. The molecule has 0 aromatic heterocycles. The number of esters is 4. The molecule has 8 heteroatoms. The lowest BCUT2D eigenvalue weighted by Crippen LogP contribution is -2.36. The van der Waals surface area contributed by atoms with Crippen molar-refractivity contribution < 1.29 is 38.1 Å². The largest absolute Gasteiger partial charge is 0.466 e. The molecule has 40 heavy (non-hydrogen) atoms. The van der Waals surface area contributed by atoms with Crippen molar-refractivity contribution in [1.82, 2.24) is 0 Å². The van der Waals surface area contributed by atoms with Gasteiger partial charge in [0.15, 0.2) is 0 Å². The molecule has 0 bridgehead atoms. The Morgan fingerprint density at radius 2 is 0.725 bits per heavy atom. The quantitative estimate of drug-likeness (QED) is 0.0477. The molecule has 226 valence electrons. The lowest BCUT2D eigenvalue weighted by molar-refractivity contribution is -0.167. The maximum Gasteiger partial charge on any atom is 0.310 e. The summed E-state index contributed by atoms with van der Waals surface area (Å²) < 4.78 is 21.5. The summed E-state index contributed by atoms with van der Waals surface area (Å²) in [7, 11) is 0. The van der Waals surface area contributed by atoms with Gasteiger partial charge in [0, 0.05) is 0 Å². The van der Waals surface area contributed by atoms with Crippen LogP contribution in [0.15, 0.2) is 50.6 Å². The number of carbonyl (C=O) groups excluding carboxylic acids is 4. The Labute approximate surface area is 240 Å². The van der Waals surface area contributed by atoms with Crippen molar-refractivity contribution in [3.05, 3.63) is 50.6 Å². The molecule has 8 nitrogen and oxygen atoms in total. The van der Waals surface area contributed by atoms with Gasteiger partial charge in [-0.15, -0.1) is 26.3 Å². The molecule has 2 atom stereocenters. The molecule has 0 aromatic carbocycles. The van der Waals surface area contributed by atoms with Gasteiger partial charge < -0.3 is 18.9 Å². The highest BCUT2D eigenvalue weighted by atomic mass is 16.6. The lowest BCUT2D eigenvalue weighted by Gasteiger charge is -2.23. The molecule has 0 aromatic rings. The van der Waals surface area contributed by atoms with E-state index in [1.54, 1.807) is 24.3 Å². The molecular weight excluding hydrogens is 512 g/mol. The minimum atomic E-state index is -1.24. The highest BCUT2D eigenvalue weighted by Crippen LogP contribution is 2.25. The molecule has 0 heterocycles. The zero-order valence-corrected chi connectivity index (χ0v) is 24.3. The molecule has 0 saturated carbocycles. The Kier molecular flexibility index (Phi) is 24.0. The fourth-order valence-electron chi connectivity index (χ4n) is 3.75. The molecule has 0 saturated heterocycles. The van der Waals surface area contributed by atoms with Crippen LogP contribution in [0.1, 0.15) is 89.9 Å². The van der Waals surface area contributed by atoms with E-state index in [1.165, 1.54) is 0 Å². The van der Waals surface area contributed by atoms with Gasteiger partial charge in [0.25, 0.3) is 0 Å². The molecule has 0 fully saturated rings. The van der Waals surface area contributed by atoms with Crippen LogP contribution in [-0.4, -0.2) is 50.3 Å². The van der Waals surface area contributed by atoms with Gasteiger partial charge in [-0.1, -0.05) is 24.3 Å². The van der Waals surface area contributed by atoms with Crippen LogP contribution in [0.3, 0.4) is 0 Å². The second kappa shape index (κ2) is 26.1.